The van der Waals surface area contributed by atoms with E-state index < -0.39 is 12.7 Å². The van der Waals surface area contributed by atoms with Crippen LogP contribution in [0.5, 0.6) is 0 Å². The van der Waals surface area contributed by atoms with Crippen molar-refractivity contribution in [1.82, 2.24) is 9.97 Å². The SMILES string of the molecule is Cc1c(C[C@@H](N)CF)sc2c(NCc3nccs3)cc(Cl)nc12.Cl.Cl. The highest BCUT2D eigenvalue weighted by Gasteiger charge is 2.16. The Kier molecular flexibility index (Phi) is 8.80. The summed E-state index contributed by atoms with van der Waals surface area (Å²) in [7, 11) is 0. The van der Waals surface area contributed by atoms with Gasteiger partial charge in [-0.3, -0.25) is 0 Å². The molecule has 0 fully saturated rings. The third-order valence-corrected chi connectivity index (χ3v) is 5.81. The number of anilines is 1. The molecule has 1 atom stereocenters. The minimum atomic E-state index is -0.531. The van der Waals surface area contributed by atoms with E-state index in [1.165, 1.54) is 0 Å². The van der Waals surface area contributed by atoms with E-state index >= 15 is 0 Å². The standard InChI is InChI=1S/C15H16ClFN4S2.2ClH/c1-8-11(4-9(18)6-17)23-15-10(5-12(16)21-14(8)15)20-7-13-19-2-3-22-13;;/h2-3,5,9H,4,6-7,18H2,1H3,(H,20,21);2*1H/t9-;;/m1../s1. The molecule has 0 spiro atoms. The first kappa shape index (κ1) is 22.3. The number of hydrogen-bond acceptors (Lipinski definition) is 6. The van der Waals surface area contributed by atoms with Crippen LogP contribution in [0, 0.1) is 6.92 Å². The molecule has 0 aliphatic heterocycles. The van der Waals surface area contributed by atoms with Crippen LogP contribution in [0.1, 0.15) is 15.4 Å². The molecule has 0 saturated carbocycles. The number of nitrogens with one attached hydrogen (secondary N) is 1. The number of aromatic nitrogens is 2. The summed E-state index contributed by atoms with van der Waals surface area (Å²) >= 11 is 9.34. The molecule has 0 aromatic carbocycles. The van der Waals surface area contributed by atoms with Gasteiger partial charge in [0.1, 0.15) is 16.8 Å². The average Bonchev–Trinajstić information content (AvgIpc) is 3.15. The lowest BCUT2D eigenvalue weighted by atomic mass is 10.1. The largest absolute Gasteiger partial charge is 0.377 e. The van der Waals surface area contributed by atoms with Gasteiger partial charge in [0.25, 0.3) is 0 Å². The van der Waals surface area contributed by atoms with Gasteiger partial charge < -0.3 is 11.1 Å². The smallest absolute Gasteiger partial charge is 0.131 e. The molecule has 0 amide bonds. The molecular weight excluding hydrogens is 426 g/mol. The normalized spacial score (nSPS) is 11.7. The molecule has 3 rings (SSSR count). The van der Waals surface area contributed by atoms with Gasteiger partial charge in [-0.2, -0.15) is 0 Å². The quantitative estimate of drug-likeness (QED) is 0.526. The third kappa shape index (κ3) is 5.15. The molecule has 3 aromatic rings. The second kappa shape index (κ2) is 9.85. The minimum Gasteiger partial charge on any atom is -0.377 e. The number of pyridine rings is 1. The van der Waals surface area contributed by atoms with Crippen LogP contribution < -0.4 is 11.1 Å². The van der Waals surface area contributed by atoms with E-state index in [1.54, 1.807) is 28.9 Å². The maximum absolute atomic E-state index is 12.7. The van der Waals surface area contributed by atoms with Crippen molar-refractivity contribution < 1.29 is 4.39 Å². The molecule has 3 heterocycles. The number of nitrogens with zero attached hydrogens (tertiary/aromatic N) is 2. The summed E-state index contributed by atoms with van der Waals surface area (Å²) in [5.41, 5.74) is 8.54. The van der Waals surface area contributed by atoms with Crippen molar-refractivity contribution in [2.45, 2.75) is 25.9 Å². The lowest BCUT2D eigenvalue weighted by Crippen LogP contribution is -2.24. The Morgan fingerprint density at radius 1 is 1.40 bits per heavy atom. The zero-order valence-corrected chi connectivity index (χ0v) is 17.3. The molecular formula is C15H18Cl3FN4S2. The Balaban J connectivity index is 0.00000156. The van der Waals surface area contributed by atoms with Crippen molar-refractivity contribution in [1.29, 1.82) is 0 Å². The summed E-state index contributed by atoms with van der Waals surface area (Å²) in [5, 5.41) is 6.74. The maximum Gasteiger partial charge on any atom is 0.131 e. The fourth-order valence-corrected chi connectivity index (χ4v) is 4.40. The highest BCUT2D eigenvalue weighted by molar-refractivity contribution is 7.19. The second-order valence-corrected chi connectivity index (χ2v) is 7.69. The topological polar surface area (TPSA) is 63.8 Å². The molecule has 138 valence electrons. The van der Waals surface area contributed by atoms with Crippen LogP contribution in [0.4, 0.5) is 10.1 Å². The second-order valence-electron chi connectivity index (χ2n) is 5.22. The zero-order chi connectivity index (χ0) is 16.4. The van der Waals surface area contributed by atoms with E-state index in [9.17, 15) is 4.39 Å². The van der Waals surface area contributed by atoms with E-state index in [0.717, 1.165) is 31.4 Å². The Bertz CT molecular complexity index is 811. The van der Waals surface area contributed by atoms with Crippen molar-refractivity contribution in [3.8, 4) is 0 Å². The Morgan fingerprint density at radius 2 is 2.16 bits per heavy atom. The summed E-state index contributed by atoms with van der Waals surface area (Å²) < 4.78 is 13.7. The average molecular weight is 444 g/mol. The summed E-state index contributed by atoms with van der Waals surface area (Å²) in [4.78, 5) is 9.74. The number of aryl methyl sites for hydroxylation is 1. The Hall–Kier alpha value is -0.700. The summed E-state index contributed by atoms with van der Waals surface area (Å²) in [6.45, 7) is 2.08. The predicted molar refractivity (Wildman–Crippen MR) is 111 cm³/mol. The fraction of sp³-hybridized carbons (Fsp3) is 0.333. The van der Waals surface area contributed by atoms with E-state index in [-0.39, 0.29) is 24.8 Å². The number of thiazole rings is 1. The molecule has 10 heteroatoms. The summed E-state index contributed by atoms with van der Waals surface area (Å²) in [6, 6.07) is 1.33. The number of rotatable bonds is 6. The number of halogens is 4. The first-order chi connectivity index (χ1) is 11.1. The minimum absolute atomic E-state index is 0. The van der Waals surface area contributed by atoms with Gasteiger partial charge in [-0.1, -0.05) is 11.6 Å². The highest BCUT2D eigenvalue weighted by atomic mass is 35.5. The number of hydrogen-bond donors (Lipinski definition) is 2. The van der Waals surface area contributed by atoms with Gasteiger partial charge in [-0.05, 0) is 18.9 Å². The van der Waals surface area contributed by atoms with E-state index in [0.29, 0.717) is 18.1 Å². The van der Waals surface area contributed by atoms with Crippen LogP contribution in [0.15, 0.2) is 17.6 Å². The molecule has 4 nitrogen and oxygen atoms in total. The number of fused-ring (bicyclic) bond motifs is 1. The van der Waals surface area contributed by atoms with Crippen molar-refractivity contribution >= 4 is 75.0 Å². The molecule has 0 bridgehead atoms. The number of nitrogens with two attached hydrogens (primary N) is 1. The van der Waals surface area contributed by atoms with Crippen LogP contribution in [0.25, 0.3) is 10.2 Å². The van der Waals surface area contributed by atoms with Gasteiger partial charge in [0.2, 0.25) is 0 Å². The molecule has 3 N–H and O–H groups in total. The molecule has 3 aromatic heterocycles. The van der Waals surface area contributed by atoms with Gasteiger partial charge >= 0.3 is 0 Å². The van der Waals surface area contributed by atoms with Crippen LogP contribution in [0.3, 0.4) is 0 Å². The third-order valence-electron chi connectivity index (χ3n) is 3.50. The molecule has 0 aliphatic rings. The fourth-order valence-electron chi connectivity index (χ4n) is 2.32. The zero-order valence-electron chi connectivity index (χ0n) is 13.3. The van der Waals surface area contributed by atoms with E-state index in [1.807, 2.05) is 18.4 Å². The maximum atomic E-state index is 12.7. The van der Waals surface area contributed by atoms with Gasteiger partial charge in [0.05, 0.1) is 22.4 Å². The van der Waals surface area contributed by atoms with E-state index in [4.69, 9.17) is 17.3 Å². The van der Waals surface area contributed by atoms with Crippen LogP contribution in [0.2, 0.25) is 5.15 Å². The molecule has 0 saturated heterocycles. The first-order valence-corrected chi connectivity index (χ1v) is 9.18. The monoisotopic (exact) mass is 442 g/mol. The van der Waals surface area contributed by atoms with E-state index in [2.05, 4.69) is 15.3 Å². The predicted octanol–water partition coefficient (Wildman–Crippen LogP) is 5.01. The lowest BCUT2D eigenvalue weighted by molar-refractivity contribution is 0.428. The molecule has 25 heavy (non-hydrogen) atoms. The first-order valence-electron chi connectivity index (χ1n) is 7.10. The van der Waals surface area contributed by atoms with Gasteiger partial charge in [-0.25, -0.2) is 14.4 Å². The summed E-state index contributed by atoms with van der Waals surface area (Å²) in [5.74, 6) is 0. The Morgan fingerprint density at radius 3 is 2.80 bits per heavy atom. The van der Waals surface area contributed by atoms with Gasteiger partial charge in [0.15, 0.2) is 0 Å². The number of thiophene rings is 1. The van der Waals surface area contributed by atoms with Crippen molar-refractivity contribution in [2.24, 2.45) is 5.73 Å². The molecule has 0 aliphatic carbocycles. The summed E-state index contributed by atoms with van der Waals surface area (Å²) in [6.07, 6.45) is 2.29. The number of alkyl halides is 1. The van der Waals surface area contributed by atoms with Gasteiger partial charge in [-0.15, -0.1) is 47.5 Å². The van der Waals surface area contributed by atoms with Crippen LogP contribution in [-0.4, -0.2) is 22.7 Å². The van der Waals surface area contributed by atoms with Crippen molar-refractivity contribution in [3.05, 3.63) is 38.2 Å². The van der Waals surface area contributed by atoms with Crippen molar-refractivity contribution in [2.75, 3.05) is 12.0 Å². The molecule has 0 radical (unpaired) electrons. The molecule has 0 unspecified atom stereocenters. The lowest BCUT2D eigenvalue weighted by Gasteiger charge is -2.06. The van der Waals surface area contributed by atoms with Crippen molar-refractivity contribution in [3.63, 3.8) is 0 Å². The highest BCUT2D eigenvalue weighted by Crippen LogP contribution is 2.37. The van der Waals surface area contributed by atoms with Gasteiger partial charge in [0, 0.05) is 28.6 Å². The van der Waals surface area contributed by atoms with Crippen LogP contribution >= 0.6 is 59.1 Å². The Labute approximate surface area is 170 Å². The van der Waals surface area contributed by atoms with Crippen LogP contribution in [-0.2, 0) is 13.0 Å².